The van der Waals surface area contributed by atoms with E-state index in [0.29, 0.717) is 18.5 Å². The van der Waals surface area contributed by atoms with Crippen LogP contribution in [0.2, 0.25) is 0 Å². The van der Waals surface area contributed by atoms with Crippen LogP contribution in [0.4, 0.5) is 0 Å². The van der Waals surface area contributed by atoms with Crippen LogP contribution < -0.4 is 0 Å². The molecule has 1 aromatic rings. The molecule has 2 atom stereocenters. The van der Waals surface area contributed by atoms with Gasteiger partial charge in [-0.05, 0) is 56.2 Å². The molecule has 0 radical (unpaired) electrons. The van der Waals surface area contributed by atoms with Gasteiger partial charge in [0.15, 0.2) is 0 Å². The van der Waals surface area contributed by atoms with E-state index in [1.807, 2.05) is 0 Å². The van der Waals surface area contributed by atoms with E-state index in [0.717, 1.165) is 31.2 Å². The highest BCUT2D eigenvalue weighted by Gasteiger charge is 2.42. The van der Waals surface area contributed by atoms with Crippen LogP contribution in [0.3, 0.4) is 0 Å². The number of carbonyl (C=O) groups is 1. The minimum Gasteiger partial charge on any atom is -0.336 e. The summed E-state index contributed by atoms with van der Waals surface area (Å²) in [6.45, 7) is 4.21. The van der Waals surface area contributed by atoms with Gasteiger partial charge in [0.05, 0.1) is 6.42 Å². The average molecular weight is 292 g/mol. The molecule has 0 aliphatic carbocycles. The number of amides is 1. The molecule has 1 amide bonds. The van der Waals surface area contributed by atoms with E-state index in [4.69, 9.17) is 11.6 Å². The molecular weight excluding hydrogens is 270 g/mol. The normalized spacial score (nSPS) is 28.8. The molecule has 0 spiro atoms. The molecule has 2 aliphatic heterocycles. The third-order valence-electron chi connectivity index (χ3n) is 4.89. The lowest BCUT2D eigenvalue weighted by Gasteiger charge is -2.37. The zero-order valence-electron chi connectivity index (χ0n) is 12.2. The van der Waals surface area contributed by atoms with Crippen molar-refractivity contribution in [3.05, 3.63) is 34.9 Å². The lowest BCUT2D eigenvalue weighted by atomic mass is 9.99. The molecule has 0 aromatic heterocycles. The molecule has 2 bridgehead atoms. The van der Waals surface area contributed by atoms with E-state index < -0.39 is 0 Å². The Bertz CT molecular complexity index is 514. The van der Waals surface area contributed by atoms with Gasteiger partial charge in [-0.25, -0.2) is 0 Å². The van der Waals surface area contributed by atoms with Crippen LogP contribution in [0.1, 0.15) is 42.4 Å². The highest BCUT2D eigenvalue weighted by molar-refractivity contribution is 6.20. The number of halogens is 1. The maximum Gasteiger partial charge on any atom is 0.227 e. The SMILES string of the molecule is Cc1ccc(CC(=O)N2C3CCC2CC(Cl)C3)cc1C. The smallest absolute Gasteiger partial charge is 0.227 e. The maximum absolute atomic E-state index is 12.6. The van der Waals surface area contributed by atoms with E-state index in [1.54, 1.807) is 0 Å². The zero-order valence-corrected chi connectivity index (χ0v) is 13.0. The van der Waals surface area contributed by atoms with E-state index in [-0.39, 0.29) is 11.3 Å². The molecule has 0 N–H and O–H groups in total. The van der Waals surface area contributed by atoms with Crippen LogP contribution in [0.15, 0.2) is 18.2 Å². The van der Waals surface area contributed by atoms with Crippen molar-refractivity contribution in [1.82, 2.24) is 4.90 Å². The first-order chi connectivity index (χ1) is 9.54. The van der Waals surface area contributed by atoms with Gasteiger partial charge in [0.25, 0.3) is 0 Å². The number of hydrogen-bond acceptors (Lipinski definition) is 1. The Labute approximate surface area is 126 Å². The molecule has 2 nitrogen and oxygen atoms in total. The Balaban J connectivity index is 1.72. The van der Waals surface area contributed by atoms with Crippen molar-refractivity contribution in [3.63, 3.8) is 0 Å². The third-order valence-corrected chi connectivity index (χ3v) is 5.25. The molecule has 0 saturated carbocycles. The number of rotatable bonds is 2. The van der Waals surface area contributed by atoms with Crippen molar-refractivity contribution < 1.29 is 4.79 Å². The second-order valence-electron chi connectivity index (χ2n) is 6.35. The Morgan fingerprint density at radius 2 is 1.85 bits per heavy atom. The van der Waals surface area contributed by atoms with E-state index in [9.17, 15) is 4.79 Å². The van der Waals surface area contributed by atoms with Gasteiger partial charge in [0.1, 0.15) is 0 Å². The topological polar surface area (TPSA) is 20.3 Å². The van der Waals surface area contributed by atoms with Crippen molar-refractivity contribution in [1.29, 1.82) is 0 Å². The Morgan fingerprint density at radius 3 is 2.45 bits per heavy atom. The number of piperidine rings is 1. The quantitative estimate of drug-likeness (QED) is 0.762. The summed E-state index contributed by atoms with van der Waals surface area (Å²) >= 11 is 6.28. The summed E-state index contributed by atoms with van der Waals surface area (Å²) in [7, 11) is 0. The highest BCUT2D eigenvalue weighted by atomic mass is 35.5. The number of carbonyl (C=O) groups excluding carboxylic acids is 1. The molecule has 3 rings (SSSR count). The van der Waals surface area contributed by atoms with Crippen LogP contribution in [-0.2, 0) is 11.2 Å². The number of aryl methyl sites for hydroxylation is 2. The van der Waals surface area contributed by atoms with E-state index in [2.05, 4.69) is 36.9 Å². The van der Waals surface area contributed by atoms with E-state index >= 15 is 0 Å². The molecule has 2 fully saturated rings. The first-order valence-corrected chi connectivity index (χ1v) is 7.99. The molecule has 2 heterocycles. The molecule has 2 saturated heterocycles. The van der Waals surface area contributed by atoms with Crippen molar-refractivity contribution >= 4 is 17.5 Å². The summed E-state index contributed by atoms with van der Waals surface area (Å²) in [4.78, 5) is 14.7. The summed E-state index contributed by atoms with van der Waals surface area (Å²) in [6.07, 6.45) is 4.73. The molecule has 20 heavy (non-hydrogen) atoms. The van der Waals surface area contributed by atoms with Crippen molar-refractivity contribution in [2.45, 2.75) is 63.4 Å². The minimum absolute atomic E-state index is 0.262. The number of hydrogen-bond donors (Lipinski definition) is 0. The summed E-state index contributed by atoms with van der Waals surface area (Å²) in [5.74, 6) is 0.282. The molecule has 108 valence electrons. The third kappa shape index (κ3) is 2.58. The second kappa shape index (κ2) is 5.40. The van der Waals surface area contributed by atoms with Crippen molar-refractivity contribution in [3.8, 4) is 0 Å². The predicted octanol–water partition coefficient (Wildman–Crippen LogP) is 3.61. The Kier molecular flexibility index (Phi) is 3.76. The molecule has 3 heteroatoms. The maximum atomic E-state index is 12.6. The van der Waals surface area contributed by atoms with Crippen molar-refractivity contribution in [2.24, 2.45) is 0 Å². The van der Waals surface area contributed by atoms with Crippen LogP contribution in [0, 0.1) is 13.8 Å². The van der Waals surface area contributed by atoms with Gasteiger partial charge in [-0.15, -0.1) is 11.6 Å². The van der Waals surface area contributed by atoms with Gasteiger partial charge < -0.3 is 4.90 Å². The average Bonchev–Trinajstić information content (AvgIpc) is 2.66. The minimum atomic E-state index is 0.262. The number of nitrogens with zero attached hydrogens (tertiary/aromatic N) is 1. The van der Waals surface area contributed by atoms with Crippen LogP contribution in [-0.4, -0.2) is 28.3 Å². The van der Waals surface area contributed by atoms with Gasteiger partial charge in [-0.2, -0.15) is 0 Å². The number of alkyl halides is 1. The fraction of sp³-hybridized carbons (Fsp3) is 0.588. The van der Waals surface area contributed by atoms with Gasteiger partial charge >= 0.3 is 0 Å². The second-order valence-corrected chi connectivity index (χ2v) is 6.97. The van der Waals surface area contributed by atoms with Crippen LogP contribution in [0.25, 0.3) is 0 Å². The summed E-state index contributed by atoms with van der Waals surface area (Å²) in [5.41, 5.74) is 3.67. The van der Waals surface area contributed by atoms with Crippen molar-refractivity contribution in [2.75, 3.05) is 0 Å². The summed E-state index contributed by atoms with van der Waals surface area (Å²) < 4.78 is 0. The Morgan fingerprint density at radius 1 is 1.20 bits per heavy atom. The monoisotopic (exact) mass is 291 g/mol. The predicted molar refractivity (Wildman–Crippen MR) is 82.2 cm³/mol. The molecule has 2 unspecified atom stereocenters. The molecule has 1 aromatic carbocycles. The van der Waals surface area contributed by atoms with Gasteiger partial charge in [0.2, 0.25) is 5.91 Å². The molecule has 2 aliphatic rings. The van der Waals surface area contributed by atoms with Gasteiger partial charge in [0, 0.05) is 17.5 Å². The van der Waals surface area contributed by atoms with Gasteiger partial charge in [-0.1, -0.05) is 18.2 Å². The van der Waals surface area contributed by atoms with Crippen LogP contribution >= 0.6 is 11.6 Å². The Hall–Kier alpha value is -1.02. The molecular formula is C17H22ClNO. The first kappa shape index (κ1) is 13.9. The van der Waals surface area contributed by atoms with Crippen LogP contribution in [0.5, 0.6) is 0 Å². The van der Waals surface area contributed by atoms with E-state index in [1.165, 1.54) is 11.1 Å². The summed E-state index contributed by atoms with van der Waals surface area (Å²) in [6, 6.07) is 7.10. The standard InChI is InChI=1S/C17H22ClNO/c1-11-3-4-13(7-12(11)2)8-17(20)19-15-5-6-16(19)10-14(18)9-15/h3-4,7,14-16H,5-6,8-10H2,1-2H3. The first-order valence-electron chi connectivity index (χ1n) is 7.56. The lowest BCUT2D eigenvalue weighted by Crippen LogP contribution is -2.47. The fourth-order valence-corrected chi connectivity index (χ4v) is 4.11. The largest absolute Gasteiger partial charge is 0.336 e. The van der Waals surface area contributed by atoms with Gasteiger partial charge in [-0.3, -0.25) is 4.79 Å². The number of benzene rings is 1. The zero-order chi connectivity index (χ0) is 14.3. The fourth-order valence-electron chi connectivity index (χ4n) is 3.70. The highest BCUT2D eigenvalue weighted by Crippen LogP contribution is 2.38. The summed E-state index contributed by atoms with van der Waals surface area (Å²) in [5, 5.41) is 0.262. The number of fused-ring (bicyclic) bond motifs is 2. The lowest BCUT2D eigenvalue weighted by molar-refractivity contribution is -0.134.